The second kappa shape index (κ2) is 5.59. The Hall–Kier alpha value is 0.314. The van der Waals surface area contributed by atoms with E-state index in [4.69, 9.17) is 8.85 Å². The Bertz CT molecular complexity index is 194. The zero-order valence-electron chi connectivity index (χ0n) is 11.5. The molecule has 3 nitrogen and oxygen atoms in total. The van der Waals surface area contributed by atoms with Crippen LogP contribution in [0.4, 0.5) is 0 Å². The third kappa shape index (κ3) is 4.78. The molecule has 0 heterocycles. The highest BCUT2D eigenvalue weighted by molar-refractivity contribution is 6.65. The SMILES string of the molecule is CO[Si](C)(OC[SiH](C)C)N(C)C(C)(C)C. The van der Waals surface area contributed by atoms with Crippen LogP contribution in [0.3, 0.4) is 0 Å². The highest BCUT2D eigenvalue weighted by Crippen LogP contribution is 2.21. The maximum absolute atomic E-state index is 6.03. The maximum atomic E-state index is 6.03. The van der Waals surface area contributed by atoms with E-state index in [1.54, 1.807) is 7.11 Å². The van der Waals surface area contributed by atoms with E-state index in [1.807, 2.05) is 0 Å². The summed E-state index contributed by atoms with van der Waals surface area (Å²) < 4.78 is 13.9. The fourth-order valence-electron chi connectivity index (χ4n) is 1.22. The van der Waals surface area contributed by atoms with Gasteiger partial charge in [-0.2, -0.15) is 0 Å². The average Bonchev–Trinajstić information content (AvgIpc) is 2.11. The Morgan fingerprint density at radius 2 is 1.73 bits per heavy atom. The van der Waals surface area contributed by atoms with Crippen molar-refractivity contribution in [3.05, 3.63) is 0 Å². The van der Waals surface area contributed by atoms with Crippen molar-refractivity contribution in [1.82, 2.24) is 4.57 Å². The van der Waals surface area contributed by atoms with Gasteiger partial charge in [0.2, 0.25) is 0 Å². The van der Waals surface area contributed by atoms with Gasteiger partial charge in [-0.25, -0.2) is 0 Å². The van der Waals surface area contributed by atoms with Crippen molar-refractivity contribution in [2.24, 2.45) is 0 Å². The van der Waals surface area contributed by atoms with Crippen molar-refractivity contribution in [2.75, 3.05) is 20.4 Å². The van der Waals surface area contributed by atoms with Gasteiger partial charge in [0.15, 0.2) is 0 Å². The van der Waals surface area contributed by atoms with E-state index in [1.165, 1.54) is 0 Å². The van der Waals surface area contributed by atoms with Crippen LogP contribution in [0.2, 0.25) is 19.6 Å². The van der Waals surface area contributed by atoms with Crippen molar-refractivity contribution in [3.63, 3.8) is 0 Å². The van der Waals surface area contributed by atoms with Gasteiger partial charge in [0.05, 0.1) is 8.80 Å². The lowest BCUT2D eigenvalue weighted by Crippen LogP contribution is -2.61. The highest BCUT2D eigenvalue weighted by atomic mass is 28.4. The van der Waals surface area contributed by atoms with Crippen LogP contribution in [0.5, 0.6) is 0 Å². The summed E-state index contributed by atoms with van der Waals surface area (Å²) in [4.78, 5) is 0. The molecule has 0 bridgehead atoms. The van der Waals surface area contributed by atoms with Gasteiger partial charge in [-0.3, -0.25) is 4.57 Å². The molecule has 0 radical (unpaired) electrons. The Labute approximate surface area is 97.7 Å². The maximum Gasteiger partial charge on any atom is 0.424 e. The van der Waals surface area contributed by atoms with E-state index in [0.717, 1.165) is 6.23 Å². The van der Waals surface area contributed by atoms with E-state index in [-0.39, 0.29) is 5.54 Å². The molecular weight excluding hydrogens is 222 g/mol. The minimum atomic E-state index is -2.16. The van der Waals surface area contributed by atoms with Crippen molar-refractivity contribution in [3.8, 4) is 0 Å². The van der Waals surface area contributed by atoms with Gasteiger partial charge >= 0.3 is 8.72 Å². The summed E-state index contributed by atoms with van der Waals surface area (Å²) in [6.45, 7) is 13.3. The number of hydrogen-bond donors (Lipinski definition) is 0. The molecular formula is C10H27NO2Si2. The molecule has 0 rings (SSSR count). The van der Waals surface area contributed by atoms with Crippen molar-refractivity contribution >= 4 is 17.5 Å². The van der Waals surface area contributed by atoms with Gasteiger partial charge in [0.1, 0.15) is 0 Å². The molecule has 0 spiro atoms. The lowest BCUT2D eigenvalue weighted by atomic mass is 10.1. The molecule has 0 saturated carbocycles. The molecule has 1 unspecified atom stereocenters. The molecule has 0 aliphatic rings. The average molecular weight is 250 g/mol. The summed E-state index contributed by atoms with van der Waals surface area (Å²) in [5.41, 5.74) is 0.0928. The van der Waals surface area contributed by atoms with Crippen molar-refractivity contribution in [2.45, 2.75) is 46.0 Å². The highest BCUT2D eigenvalue weighted by Gasteiger charge is 2.42. The van der Waals surface area contributed by atoms with E-state index in [9.17, 15) is 0 Å². The molecule has 0 N–H and O–H groups in total. The Morgan fingerprint density at radius 1 is 1.27 bits per heavy atom. The predicted molar refractivity (Wildman–Crippen MR) is 71.0 cm³/mol. The molecule has 0 aliphatic carbocycles. The van der Waals surface area contributed by atoms with Crippen LogP contribution >= 0.6 is 0 Å². The minimum Gasteiger partial charge on any atom is -0.387 e. The molecule has 0 aromatic heterocycles. The van der Waals surface area contributed by atoms with E-state index in [2.05, 4.69) is 52.0 Å². The molecule has 0 saturated heterocycles. The van der Waals surface area contributed by atoms with Crippen molar-refractivity contribution in [1.29, 1.82) is 0 Å². The van der Waals surface area contributed by atoms with E-state index < -0.39 is 17.5 Å². The molecule has 0 amide bonds. The molecule has 0 aromatic rings. The van der Waals surface area contributed by atoms with Crippen LogP contribution in [-0.2, 0) is 8.85 Å². The number of hydrogen-bond acceptors (Lipinski definition) is 3. The predicted octanol–water partition coefficient (Wildman–Crippen LogP) is 1.97. The van der Waals surface area contributed by atoms with Crippen LogP contribution in [0.1, 0.15) is 20.8 Å². The number of rotatable bonds is 5. The first-order valence-electron chi connectivity index (χ1n) is 5.56. The quantitative estimate of drug-likeness (QED) is 0.696. The van der Waals surface area contributed by atoms with Crippen LogP contribution in [-0.4, -0.2) is 48.0 Å². The molecule has 0 fully saturated rings. The van der Waals surface area contributed by atoms with Crippen LogP contribution < -0.4 is 0 Å². The molecule has 15 heavy (non-hydrogen) atoms. The number of nitrogens with zero attached hydrogens (tertiary/aromatic N) is 1. The zero-order chi connectivity index (χ0) is 12.3. The zero-order valence-corrected chi connectivity index (χ0v) is 13.7. The first kappa shape index (κ1) is 15.3. The van der Waals surface area contributed by atoms with Crippen LogP contribution in [0.25, 0.3) is 0 Å². The van der Waals surface area contributed by atoms with Crippen LogP contribution in [0, 0.1) is 0 Å². The molecule has 0 aromatic carbocycles. The smallest absolute Gasteiger partial charge is 0.387 e. The third-order valence-electron chi connectivity index (χ3n) is 2.68. The fourth-order valence-corrected chi connectivity index (χ4v) is 5.60. The Kier molecular flexibility index (Phi) is 5.70. The molecule has 5 heteroatoms. The second-order valence-corrected chi connectivity index (χ2v) is 11.8. The third-order valence-corrected chi connectivity index (χ3v) is 7.19. The minimum absolute atomic E-state index is 0.0928. The largest absolute Gasteiger partial charge is 0.424 e. The molecule has 1 atom stereocenters. The lowest BCUT2D eigenvalue weighted by molar-refractivity contribution is 0.126. The monoisotopic (exact) mass is 249 g/mol. The summed E-state index contributed by atoms with van der Waals surface area (Å²) in [5, 5.41) is 0. The van der Waals surface area contributed by atoms with Crippen molar-refractivity contribution < 1.29 is 8.85 Å². The van der Waals surface area contributed by atoms with Gasteiger partial charge in [0, 0.05) is 18.9 Å². The van der Waals surface area contributed by atoms with Crippen LogP contribution in [0.15, 0.2) is 0 Å². The van der Waals surface area contributed by atoms with Gasteiger partial charge in [-0.15, -0.1) is 0 Å². The summed E-state index contributed by atoms with van der Waals surface area (Å²) in [6.07, 6.45) is 0.900. The Balaban J connectivity index is 4.55. The molecule has 92 valence electrons. The topological polar surface area (TPSA) is 21.7 Å². The lowest BCUT2D eigenvalue weighted by Gasteiger charge is -2.42. The second-order valence-electron chi connectivity index (χ2n) is 5.54. The summed E-state index contributed by atoms with van der Waals surface area (Å²) in [7, 11) is 1.02. The Morgan fingerprint density at radius 3 is 2.00 bits per heavy atom. The van der Waals surface area contributed by atoms with Gasteiger partial charge in [0.25, 0.3) is 0 Å². The van der Waals surface area contributed by atoms with Gasteiger partial charge in [-0.1, -0.05) is 13.1 Å². The molecule has 0 aliphatic heterocycles. The fraction of sp³-hybridized carbons (Fsp3) is 1.00. The first-order chi connectivity index (χ1) is 6.63. The first-order valence-corrected chi connectivity index (χ1v) is 11.0. The van der Waals surface area contributed by atoms with E-state index >= 15 is 0 Å². The summed E-state index contributed by atoms with van der Waals surface area (Å²) >= 11 is 0. The standard InChI is InChI=1S/C10H27NO2Si2/c1-10(2,3)11(4)15(8,12-5)13-9-14(6)7/h14H,9H2,1-8H3. The summed E-state index contributed by atoms with van der Waals surface area (Å²) in [6, 6.07) is 0. The normalized spacial score (nSPS) is 17.2. The van der Waals surface area contributed by atoms with Gasteiger partial charge in [-0.05, 0) is 34.4 Å². The van der Waals surface area contributed by atoms with Gasteiger partial charge < -0.3 is 8.85 Å². The summed E-state index contributed by atoms with van der Waals surface area (Å²) in [5.74, 6) is 0. The van der Waals surface area contributed by atoms with E-state index in [0.29, 0.717) is 0 Å².